The summed E-state index contributed by atoms with van der Waals surface area (Å²) in [6, 6.07) is 31.7. The first-order valence-electron chi connectivity index (χ1n) is 10.0. The lowest BCUT2D eigenvalue weighted by Gasteiger charge is -2.09. The molecule has 0 unspecified atom stereocenters. The first-order valence-corrected chi connectivity index (χ1v) is 10.8. The number of aryl methyl sites for hydroxylation is 1. The smallest absolute Gasteiger partial charge is 0.134 e. The summed E-state index contributed by atoms with van der Waals surface area (Å²) in [6.45, 7) is 2.61. The maximum atomic E-state index is 5.94. The highest BCUT2D eigenvalue weighted by molar-refractivity contribution is 9.10. The van der Waals surface area contributed by atoms with Crippen molar-refractivity contribution in [3.05, 3.63) is 118 Å². The molecule has 154 valence electrons. The van der Waals surface area contributed by atoms with Crippen LogP contribution in [0.3, 0.4) is 0 Å². The largest absolute Gasteiger partial charge is 0.488 e. The summed E-state index contributed by atoms with van der Waals surface area (Å²) in [5, 5.41) is 0. The molecule has 0 fully saturated rings. The first-order chi connectivity index (χ1) is 15.2. The van der Waals surface area contributed by atoms with Crippen LogP contribution in [0.4, 0.5) is 5.69 Å². The lowest BCUT2D eigenvalue weighted by atomic mass is 10.2. The van der Waals surface area contributed by atoms with Crippen LogP contribution in [0.1, 0.15) is 16.7 Å². The van der Waals surface area contributed by atoms with Gasteiger partial charge in [-0.05, 0) is 88.6 Å². The minimum atomic E-state index is 0.531. The Balaban J connectivity index is 1.36. The van der Waals surface area contributed by atoms with Gasteiger partial charge in [-0.2, -0.15) is 0 Å². The minimum absolute atomic E-state index is 0.531. The molecule has 31 heavy (non-hydrogen) atoms. The van der Waals surface area contributed by atoms with Crippen LogP contribution in [0.5, 0.6) is 17.2 Å². The van der Waals surface area contributed by atoms with Gasteiger partial charge >= 0.3 is 0 Å². The fourth-order valence-electron chi connectivity index (χ4n) is 2.93. The van der Waals surface area contributed by atoms with Crippen LogP contribution in [-0.2, 0) is 6.61 Å². The standard InChI is InChI=1S/C27H22BrNO2/c1-20-7-9-21(10-8-20)19-30-27-16-11-22(17-26(27)28)18-29-23-12-14-25(15-13-23)31-24-5-3-2-4-6-24/h2-18H,19H2,1H3. The number of benzene rings is 4. The summed E-state index contributed by atoms with van der Waals surface area (Å²) in [6.07, 6.45) is 1.83. The number of rotatable bonds is 7. The molecule has 0 amide bonds. The molecule has 0 atom stereocenters. The molecule has 0 aromatic heterocycles. The molecule has 0 heterocycles. The van der Waals surface area contributed by atoms with Crippen LogP contribution in [0.2, 0.25) is 0 Å². The average molecular weight is 472 g/mol. The molecular formula is C27H22BrNO2. The Kier molecular flexibility index (Phi) is 6.80. The van der Waals surface area contributed by atoms with Crippen LogP contribution < -0.4 is 9.47 Å². The zero-order chi connectivity index (χ0) is 21.5. The van der Waals surface area contributed by atoms with Gasteiger partial charge in [-0.3, -0.25) is 4.99 Å². The minimum Gasteiger partial charge on any atom is -0.488 e. The van der Waals surface area contributed by atoms with Crippen LogP contribution in [-0.4, -0.2) is 6.21 Å². The monoisotopic (exact) mass is 471 g/mol. The summed E-state index contributed by atoms with van der Waals surface area (Å²) < 4.78 is 12.6. The van der Waals surface area contributed by atoms with Gasteiger partial charge in [-0.15, -0.1) is 0 Å². The molecule has 4 aromatic carbocycles. The maximum Gasteiger partial charge on any atom is 0.134 e. The third-order valence-corrected chi connectivity index (χ3v) is 5.27. The second-order valence-corrected chi connectivity index (χ2v) is 7.99. The fraction of sp³-hybridized carbons (Fsp3) is 0.0741. The van der Waals surface area contributed by atoms with E-state index < -0.39 is 0 Å². The predicted molar refractivity (Wildman–Crippen MR) is 130 cm³/mol. The SMILES string of the molecule is Cc1ccc(COc2ccc(C=Nc3ccc(Oc4ccccc4)cc3)cc2Br)cc1. The molecule has 3 nitrogen and oxygen atoms in total. The number of hydrogen-bond acceptors (Lipinski definition) is 3. The van der Waals surface area contributed by atoms with Gasteiger partial charge in [0.25, 0.3) is 0 Å². The van der Waals surface area contributed by atoms with Gasteiger partial charge in [0.05, 0.1) is 10.2 Å². The Morgan fingerprint density at radius 1 is 0.806 bits per heavy atom. The van der Waals surface area contributed by atoms with E-state index in [0.29, 0.717) is 6.61 Å². The zero-order valence-electron chi connectivity index (χ0n) is 17.2. The number of para-hydroxylation sites is 1. The van der Waals surface area contributed by atoms with E-state index in [4.69, 9.17) is 9.47 Å². The summed E-state index contributed by atoms with van der Waals surface area (Å²) in [5.41, 5.74) is 4.23. The van der Waals surface area contributed by atoms with Gasteiger partial charge in [0.1, 0.15) is 23.9 Å². The third-order valence-electron chi connectivity index (χ3n) is 4.65. The quantitative estimate of drug-likeness (QED) is 0.256. The first kappa shape index (κ1) is 20.9. The molecule has 0 saturated carbocycles. The topological polar surface area (TPSA) is 30.8 Å². The molecule has 0 radical (unpaired) electrons. The van der Waals surface area contributed by atoms with Crippen LogP contribution in [0.25, 0.3) is 0 Å². The van der Waals surface area contributed by atoms with Gasteiger partial charge in [0.2, 0.25) is 0 Å². The summed E-state index contributed by atoms with van der Waals surface area (Å²) >= 11 is 3.60. The molecule has 0 N–H and O–H groups in total. The molecule has 0 spiro atoms. The van der Waals surface area contributed by atoms with Gasteiger partial charge in [0, 0.05) is 6.21 Å². The third kappa shape index (κ3) is 6.06. The van der Waals surface area contributed by atoms with Crippen molar-refractivity contribution in [3.63, 3.8) is 0 Å². The number of aliphatic imine (C=N–C) groups is 1. The van der Waals surface area contributed by atoms with Gasteiger partial charge in [-0.25, -0.2) is 0 Å². The Morgan fingerprint density at radius 2 is 1.52 bits per heavy atom. The number of hydrogen-bond donors (Lipinski definition) is 0. The Labute approximate surface area is 191 Å². The number of halogens is 1. The zero-order valence-corrected chi connectivity index (χ0v) is 18.7. The summed E-state index contributed by atoms with van der Waals surface area (Å²) in [4.78, 5) is 4.56. The van der Waals surface area contributed by atoms with E-state index in [1.165, 1.54) is 5.56 Å². The molecule has 0 aliphatic heterocycles. The Bertz CT molecular complexity index is 1150. The average Bonchev–Trinajstić information content (AvgIpc) is 2.80. The van der Waals surface area contributed by atoms with Crippen LogP contribution >= 0.6 is 15.9 Å². The van der Waals surface area contributed by atoms with Crippen molar-refractivity contribution in [2.24, 2.45) is 4.99 Å². The molecule has 0 bridgehead atoms. The van der Waals surface area contributed by atoms with Crippen molar-refractivity contribution >= 4 is 27.8 Å². The van der Waals surface area contributed by atoms with Crippen LogP contribution in [0, 0.1) is 6.92 Å². The van der Waals surface area contributed by atoms with Gasteiger partial charge in [-0.1, -0.05) is 48.0 Å². The Hall–Kier alpha value is -3.37. The van der Waals surface area contributed by atoms with E-state index in [1.54, 1.807) is 0 Å². The maximum absolute atomic E-state index is 5.94. The van der Waals surface area contributed by atoms with Crippen molar-refractivity contribution in [1.82, 2.24) is 0 Å². The molecule has 0 aliphatic carbocycles. The van der Waals surface area contributed by atoms with E-state index in [0.717, 1.165) is 38.5 Å². The molecule has 4 rings (SSSR count). The van der Waals surface area contributed by atoms with Crippen LogP contribution in [0.15, 0.2) is 107 Å². The fourth-order valence-corrected chi connectivity index (χ4v) is 3.44. The normalized spacial score (nSPS) is 10.9. The van der Waals surface area contributed by atoms with Crippen molar-refractivity contribution in [3.8, 4) is 17.2 Å². The highest BCUT2D eigenvalue weighted by Crippen LogP contribution is 2.27. The van der Waals surface area contributed by atoms with Gasteiger partial charge < -0.3 is 9.47 Å². The highest BCUT2D eigenvalue weighted by Gasteiger charge is 2.03. The van der Waals surface area contributed by atoms with Crippen molar-refractivity contribution in [1.29, 1.82) is 0 Å². The number of nitrogens with zero attached hydrogens (tertiary/aromatic N) is 1. The molecule has 0 saturated heterocycles. The lowest BCUT2D eigenvalue weighted by molar-refractivity contribution is 0.304. The summed E-state index contributed by atoms with van der Waals surface area (Å²) in [5.74, 6) is 2.40. The summed E-state index contributed by atoms with van der Waals surface area (Å²) in [7, 11) is 0. The van der Waals surface area contributed by atoms with E-state index >= 15 is 0 Å². The van der Waals surface area contributed by atoms with E-state index in [-0.39, 0.29) is 0 Å². The predicted octanol–water partition coefficient (Wildman–Crippen LogP) is 7.88. The lowest BCUT2D eigenvalue weighted by Crippen LogP contribution is -1.96. The van der Waals surface area contributed by atoms with Gasteiger partial charge in [0.15, 0.2) is 0 Å². The highest BCUT2D eigenvalue weighted by atomic mass is 79.9. The molecular weight excluding hydrogens is 450 g/mol. The van der Waals surface area contributed by atoms with E-state index in [9.17, 15) is 0 Å². The second-order valence-electron chi connectivity index (χ2n) is 7.13. The second kappa shape index (κ2) is 10.1. The molecule has 0 aliphatic rings. The number of ether oxygens (including phenoxy) is 2. The van der Waals surface area contributed by atoms with Crippen molar-refractivity contribution in [2.75, 3.05) is 0 Å². The molecule has 4 heteroatoms. The molecule has 4 aromatic rings. The van der Waals surface area contributed by atoms with Crippen molar-refractivity contribution in [2.45, 2.75) is 13.5 Å². The Morgan fingerprint density at radius 3 is 2.23 bits per heavy atom. The van der Waals surface area contributed by atoms with E-state index in [2.05, 4.69) is 52.1 Å². The van der Waals surface area contributed by atoms with Crippen molar-refractivity contribution < 1.29 is 9.47 Å². The van der Waals surface area contributed by atoms with E-state index in [1.807, 2.05) is 79.0 Å².